The van der Waals surface area contributed by atoms with Gasteiger partial charge >= 0.3 is 0 Å². The molecule has 0 bridgehead atoms. The average molecular weight is 287 g/mol. The van der Waals surface area contributed by atoms with Crippen molar-refractivity contribution in [1.82, 2.24) is 5.32 Å². The van der Waals surface area contributed by atoms with Gasteiger partial charge in [-0.3, -0.25) is 4.79 Å². The molecule has 112 valence electrons. The Kier molecular flexibility index (Phi) is 5.79. The number of hydrogen-bond acceptors (Lipinski definition) is 3. The van der Waals surface area contributed by atoms with E-state index in [0.29, 0.717) is 24.2 Å². The van der Waals surface area contributed by atoms with Gasteiger partial charge in [0.15, 0.2) is 0 Å². The Hall–Kier alpha value is -1.83. The van der Waals surface area contributed by atoms with Crippen molar-refractivity contribution in [2.75, 3.05) is 13.2 Å². The quantitative estimate of drug-likeness (QED) is 0.811. The van der Waals surface area contributed by atoms with Gasteiger partial charge in [0.25, 0.3) is 5.91 Å². The molecule has 0 radical (unpaired) electrons. The van der Waals surface area contributed by atoms with E-state index in [2.05, 4.69) is 17.2 Å². The number of aliphatic hydroxyl groups is 1. The van der Waals surface area contributed by atoms with Crippen LogP contribution in [0.5, 0.6) is 0 Å². The summed E-state index contributed by atoms with van der Waals surface area (Å²) in [5, 5.41) is 11.8. The van der Waals surface area contributed by atoms with Crippen molar-refractivity contribution in [3.05, 3.63) is 35.4 Å². The summed E-state index contributed by atoms with van der Waals surface area (Å²) in [7, 11) is 0. The zero-order valence-corrected chi connectivity index (χ0v) is 12.3. The Bertz CT molecular complexity index is 538. The predicted molar refractivity (Wildman–Crippen MR) is 80.9 cm³/mol. The fraction of sp³-hybridized carbons (Fsp3) is 0.471. The van der Waals surface area contributed by atoms with Crippen molar-refractivity contribution < 1.29 is 14.6 Å². The standard InChI is InChI=1S/C17H21NO3/c1-2-21-15-11-14(12-15)18-17(20)16-9-4-3-7-13(16)8-5-6-10-19/h3-4,7,9,14-15,19H,2,6,10-12H2,1H3,(H,18,20). The van der Waals surface area contributed by atoms with Crippen LogP contribution in [0.25, 0.3) is 0 Å². The van der Waals surface area contributed by atoms with Gasteiger partial charge in [0, 0.05) is 24.6 Å². The van der Waals surface area contributed by atoms with Crippen LogP contribution >= 0.6 is 0 Å². The number of rotatable bonds is 5. The van der Waals surface area contributed by atoms with Crippen LogP contribution in [0, 0.1) is 11.8 Å². The second kappa shape index (κ2) is 7.82. The van der Waals surface area contributed by atoms with Crippen LogP contribution in [-0.4, -0.2) is 36.4 Å². The molecule has 1 aromatic rings. The molecule has 1 saturated carbocycles. The molecule has 0 aromatic heterocycles. The molecule has 1 amide bonds. The van der Waals surface area contributed by atoms with E-state index in [1.165, 1.54) is 0 Å². The number of hydrogen-bond donors (Lipinski definition) is 2. The summed E-state index contributed by atoms with van der Waals surface area (Å²) in [6.07, 6.45) is 2.43. The minimum absolute atomic E-state index is 0.0300. The summed E-state index contributed by atoms with van der Waals surface area (Å²) >= 11 is 0. The van der Waals surface area contributed by atoms with Gasteiger partial charge in [0.1, 0.15) is 0 Å². The third-order valence-electron chi connectivity index (χ3n) is 3.46. The fourth-order valence-corrected chi connectivity index (χ4v) is 2.32. The van der Waals surface area contributed by atoms with Crippen molar-refractivity contribution in [1.29, 1.82) is 0 Å². The second-order valence-electron chi connectivity index (χ2n) is 5.04. The van der Waals surface area contributed by atoms with Crippen molar-refractivity contribution in [3.63, 3.8) is 0 Å². The summed E-state index contributed by atoms with van der Waals surface area (Å²) in [4.78, 5) is 12.3. The molecule has 0 atom stereocenters. The monoisotopic (exact) mass is 287 g/mol. The molecule has 4 heteroatoms. The van der Waals surface area contributed by atoms with Gasteiger partial charge < -0.3 is 15.2 Å². The van der Waals surface area contributed by atoms with Crippen LogP contribution < -0.4 is 5.32 Å². The van der Waals surface area contributed by atoms with Gasteiger partial charge in [-0.25, -0.2) is 0 Å². The second-order valence-corrected chi connectivity index (χ2v) is 5.04. The SMILES string of the molecule is CCOC1CC(NC(=O)c2ccccc2C#CCCO)C1. The molecule has 2 rings (SSSR count). The maximum Gasteiger partial charge on any atom is 0.252 e. The van der Waals surface area contributed by atoms with E-state index in [1.54, 1.807) is 6.07 Å². The first-order chi connectivity index (χ1) is 10.2. The molecule has 4 nitrogen and oxygen atoms in total. The van der Waals surface area contributed by atoms with Crippen LogP contribution in [0.2, 0.25) is 0 Å². The van der Waals surface area contributed by atoms with Crippen LogP contribution in [0.4, 0.5) is 0 Å². The summed E-state index contributed by atoms with van der Waals surface area (Å²) < 4.78 is 5.49. The third kappa shape index (κ3) is 4.32. The van der Waals surface area contributed by atoms with Crippen molar-refractivity contribution in [2.24, 2.45) is 0 Å². The summed E-state index contributed by atoms with van der Waals surface area (Å²) in [6, 6.07) is 7.47. The average Bonchev–Trinajstić information content (AvgIpc) is 2.46. The van der Waals surface area contributed by atoms with Crippen LogP contribution in [0.1, 0.15) is 42.1 Å². The molecular weight excluding hydrogens is 266 g/mol. The summed E-state index contributed by atoms with van der Waals surface area (Å²) in [5.41, 5.74) is 1.28. The number of amides is 1. The maximum absolute atomic E-state index is 12.3. The molecule has 1 aromatic carbocycles. The number of nitrogens with one attached hydrogen (secondary N) is 1. The van der Waals surface area contributed by atoms with Crippen LogP contribution in [0.15, 0.2) is 24.3 Å². The lowest BCUT2D eigenvalue weighted by Crippen LogP contribution is -2.47. The number of ether oxygens (including phenoxy) is 1. The number of aliphatic hydroxyl groups excluding tert-OH is 1. The minimum Gasteiger partial charge on any atom is -0.395 e. The lowest BCUT2D eigenvalue weighted by molar-refractivity contribution is -0.00862. The Morgan fingerprint density at radius 3 is 2.90 bits per heavy atom. The Balaban J connectivity index is 1.95. The van der Waals surface area contributed by atoms with Gasteiger partial charge in [-0.15, -0.1) is 0 Å². The normalized spacial score (nSPS) is 20.1. The van der Waals surface area contributed by atoms with Crippen molar-refractivity contribution in [3.8, 4) is 11.8 Å². The fourth-order valence-electron chi connectivity index (χ4n) is 2.32. The Morgan fingerprint density at radius 1 is 1.43 bits per heavy atom. The zero-order valence-electron chi connectivity index (χ0n) is 12.3. The lowest BCUT2D eigenvalue weighted by atomic mass is 9.89. The van der Waals surface area contributed by atoms with Gasteiger partial charge in [-0.05, 0) is 31.9 Å². The first-order valence-electron chi connectivity index (χ1n) is 7.35. The van der Waals surface area contributed by atoms with Gasteiger partial charge in [-0.2, -0.15) is 0 Å². The van der Waals surface area contributed by atoms with E-state index >= 15 is 0 Å². The molecule has 1 aliphatic carbocycles. The van der Waals surface area contributed by atoms with E-state index in [0.717, 1.165) is 12.8 Å². The van der Waals surface area contributed by atoms with E-state index in [9.17, 15) is 4.79 Å². The third-order valence-corrected chi connectivity index (χ3v) is 3.46. The highest BCUT2D eigenvalue weighted by molar-refractivity contribution is 5.97. The molecule has 0 aliphatic heterocycles. The van der Waals surface area contributed by atoms with E-state index < -0.39 is 0 Å². The summed E-state index contributed by atoms with van der Waals surface area (Å²) in [5.74, 6) is 5.70. The van der Waals surface area contributed by atoms with E-state index in [1.807, 2.05) is 25.1 Å². The van der Waals surface area contributed by atoms with E-state index in [4.69, 9.17) is 9.84 Å². The number of carbonyl (C=O) groups excluding carboxylic acids is 1. The first-order valence-corrected chi connectivity index (χ1v) is 7.35. The Morgan fingerprint density at radius 2 is 2.19 bits per heavy atom. The molecule has 21 heavy (non-hydrogen) atoms. The zero-order chi connectivity index (χ0) is 15.1. The summed E-state index contributed by atoms with van der Waals surface area (Å²) in [6.45, 7) is 2.73. The minimum atomic E-state index is -0.0937. The first kappa shape index (κ1) is 15.6. The highest BCUT2D eigenvalue weighted by atomic mass is 16.5. The molecular formula is C17H21NO3. The smallest absolute Gasteiger partial charge is 0.252 e. The molecule has 0 saturated heterocycles. The lowest BCUT2D eigenvalue weighted by Gasteiger charge is -2.35. The van der Waals surface area contributed by atoms with E-state index in [-0.39, 0.29) is 24.7 Å². The number of benzene rings is 1. The largest absolute Gasteiger partial charge is 0.395 e. The molecule has 0 unspecified atom stereocenters. The molecule has 1 aliphatic rings. The Labute approximate surface area is 125 Å². The van der Waals surface area contributed by atoms with Gasteiger partial charge in [0.2, 0.25) is 0 Å². The molecule has 2 N–H and O–H groups in total. The maximum atomic E-state index is 12.3. The topological polar surface area (TPSA) is 58.6 Å². The highest BCUT2D eigenvalue weighted by Crippen LogP contribution is 2.23. The van der Waals surface area contributed by atoms with Crippen molar-refractivity contribution >= 4 is 5.91 Å². The van der Waals surface area contributed by atoms with Crippen molar-refractivity contribution in [2.45, 2.75) is 38.3 Å². The molecule has 0 spiro atoms. The van der Waals surface area contributed by atoms with Crippen LogP contribution in [0.3, 0.4) is 0 Å². The highest BCUT2D eigenvalue weighted by Gasteiger charge is 2.31. The van der Waals surface area contributed by atoms with Gasteiger partial charge in [-0.1, -0.05) is 24.0 Å². The molecule has 0 heterocycles. The number of carbonyl (C=O) groups is 1. The van der Waals surface area contributed by atoms with Gasteiger partial charge in [0.05, 0.1) is 18.3 Å². The molecule has 1 fully saturated rings. The van der Waals surface area contributed by atoms with Crippen LogP contribution in [-0.2, 0) is 4.74 Å². The predicted octanol–water partition coefficient (Wildman–Crippen LogP) is 1.72.